The second-order valence-corrected chi connectivity index (χ2v) is 5.50. The Morgan fingerprint density at radius 1 is 1.22 bits per heavy atom. The molecule has 2 N–H and O–H groups in total. The fraction of sp³-hybridized carbons (Fsp3) is 0.273. The Kier molecular flexibility index (Phi) is 4.99. The molecular weight excluding hydrogens is 254 g/mol. The zero-order chi connectivity index (χ0) is 13.6. The number of hydrogen-bond acceptors (Lipinski definition) is 4. The highest BCUT2D eigenvalue weighted by Gasteiger charge is 2.14. The highest BCUT2D eigenvalue weighted by atomic mass is 32.2. The van der Waals surface area contributed by atoms with E-state index >= 15 is 0 Å². The summed E-state index contributed by atoms with van der Waals surface area (Å²) in [4.78, 5) is 11.4. The number of carbonyl (C=O) groups is 1. The van der Waals surface area contributed by atoms with E-state index in [0.29, 0.717) is 5.71 Å². The maximum Gasteiger partial charge on any atom is 0.255 e. The van der Waals surface area contributed by atoms with E-state index in [9.17, 15) is 13.2 Å². The van der Waals surface area contributed by atoms with Crippen molar-refractivity contribution in [1.29, 1.82) is 0 Å². The van der Waals surface area contributed by atoms with Crippen LogP contribution in [0.5, 0.6) is 0 Å². The summed E-state index contributed by atoms with van der Waals surface area (Å²) < 4.78 is 25.7. The monoisotopic (exact) mass is 269 g/mol. The Morgan fingerprint density at radius 3 is 2.39 bits per heavy atom. The third-order valence-corrected chi connectivity index (χ3v) is 3.30. The molecule has 0 heterocycles. The van der Waals surface area contributed by atoms with Gasteiger partial charge in [-0.05, 0) is 26.0 Å². The van der Waals surface area contributed by atoms with Crippen LogP contribution in [-0.2, 0) is 14.8 Å². The van der Waals surface area contributed by atoms with Gasteiger partial charge in [-0.25, -0.2) is 18.6 Å². The predicted molar refractivity (Wildman–Crippen MR) is 68.6 cm³/mol. The number of carbonyl (C=O) groups excluding carboxylic acids is 1. The van der Waals surface area contributed by atoms with E-state index in [0.717, 1.165) is 0 Å². The van der Waals surface area contributed by atoms with Crippen LogP contribution >= 0.6 is 0 Å². The van der Waals surface area contributed by atoms with Crippen molar-refractivity contribution in [3.63, 3.8) is 0 Å². The second-order valence-electron chi connectivity index (χ2n) is 3.73. The lowest BCUT2D eigenvalue weighted by Gasteiger charge is -2.05. The minimum absolute atomic E-state index is 0.118. The molecule has 6 nitrogen and oxygen atoms in total. The van der Waals surface area contributed by atoms with Gasteiger partial charge in [0.2, 0.25) is 10.0 Å². The molecule has 0 bridgehead atoms. The molecule has 1 aromatic rings. The number of hydrogen-bond donors (Lipinski definition) is 2. The summed E-state index contributed by atoms with van der Waals surface area (Å²) in [5.74, 6) is -0.518. The molecule has 0 fully saturated rings. The lowest BCUT2D eigenvalue weighted by molar-refractivity contribution is -0.119. The van der Waals surface area contributed by atoms with Crippen LogP contribution in [0.4, 0.5) is 0 Å². The number of rotatable bonds is 5. The van der Waals surface area contributed by atoms with Gasteiger partial charge in [0, 0.05) is 5.71 Å². The summed E-state index contributed by atoms with van der Waals surface area (Å²) in [6, 6.07) is 7.84. The van der Waals surface area contributed by atoms with Crippen molar-refractivity contribution >= 4 is 21.6 Å². The highest BCUT2D eigenvalue weighted by Crippen LogP contribution is 2.06. The van der Waals surface area contributed by atoms with Crippen LogP contribution in [0.3, 0.4) is 0 Å². The number of benzene rings is 1. The number of hydrazone groups is 1. The molecule has 0 radical (unpaired) electrons. The molecule has 98 valence electrons. The molecular formula is C11H15N3O3S. The fourth-order valence-corrected chi connectivity index (χ4v) is 2.06. The Hall–Kier alpha value is -1.73. The molecule has 18 heavy (non-hydrogen) atoms. The lowest BCUT2D eigenvalue weighted by atomic mass is 10.4. The van der Waals surface area contributed by atoms with Crippen molar-refractivity contribution < 1.29 is 13.2 Å². The van der Waals surface area contributed by atoms with Gasteiger partial charge in [0.1, 0.15) is 0 Å². The molecule has 0 aliphatic rings. The zero-order valence-electron chi connectivity index (χ0n) is 10.2. The maximum atomic E-state index is 11.7. The smallest absolute Gasteiger partial charge is 0.255 e. The standard InChI is InChI=1S/C11H15N3O3S/c1-9(2)13-14-11(15)8-12-18(16,17)10-6-4-3-5-7-10/h3-7,12H,8H2,1-2H3,(H,14,15). The second kappa shape index (κ2) is 6.27. The van der Waals surface area contributed by atoms with Gasteiger partial charge in [-0.2, -0.15) is 5.10 Å². The zero-order valence-corrected chi connectivity index (χ0v) is 11.0. The minimum Gasteiger partial charge on any atom is -0.272 e. The molecule has 0 atom stereocenters. The topological polar surface area (TPSA) is 87.6 Å². The van der Waals surface area contributed by atoms with E-state index in [1.165, 1.54) is 12.1 Å². The summed E-state index contributed by atoms with van der Waals surface area (Å²) in [6.45, 7) is 3.08. The Morgan fingerprint density at radius 2 is 1.83 bits per heavy atom. The van der Waals surface area contributed by atoms with Crippen LogP contribution in [0, 0.1) is 0 Å². The first-order valence-electron chi connectivity index (χ1n) is 5.26. The van der Waals surface area contributed by atoms with Gasteiger partial charge >= 0.3 is 0 Å². The van der Waals surface area contributed by atoms with Gasteiger partial charge < -0.3 is 0 Å². The van der Waals surface area contributed by atoms with Gasteiger partial charge in [-0.3, -0.25) is 4.79 Å². The number of sulfonamides is 1. The largest absolute Gasteiger partial charge is 0.272 e. The van der Waals surface area contributed by atoms with Crippen LogP contribution in [0.25, 0.3) is 0 Å². The van der Waals surface area contributed by atoms with Crippen LogP contribution in [0.2, 0.25) is 0 Å². The van der Waals surface area contributed by atoms with Crippen LogP contribution < -0.4 is 10.1 Å². The van der Waals surface area contributed by atoms with Gasteiger partial charge in [-0.15, -0.1) is 0 Å². The van der Waals surface area contributed by atoms with E-state index < -0.39 is 15.9 Å². The highest BCUT2D eigenvalue weighted by molar-refractivity contribution is 7.89. The fourth-order valence-electron chi connectivity index (χ4n) is 1.06. The van der Waals surface area contributed by atoms with Crippen molar-refractivity contribution in [2.45, 2.75) is 18.7 Å². The van der Waals surface area contributed by atoms with E-state index in [2.05, 4.69) is 15.2 Å². The van der Waals surface area contributed by atoms with E-state index in [4.69, 9.17) is 0 Å². The average Bonchev–Trinajstić information content (AvgIpc) is 2.35. The Labute approximate surface area is 106 Å². The Bertz CT molecular complexity index is 534. The molecule has 0 aliphatic heterocycles. The molecule has 0 aromatic heterocycles. The van der Waals surface area contributed by atoms with Crippen molar-refractivity contribution in [3.8, 4) is 0 Å². The maximum absolute atomic E-state index is 11.7. The van der Waals surface area contributed by atoms with E-state index in [-0.39, 0.29) is 11.4 Å². The first-order chi connectivity index (χ1) is 8.42. The van der Waals surface area contributed by atoms with E-state index in [1.54, 1.807) is 32.0 Å². The normalized spacial score (nSPS) is 10.8. The first kappa shape index (κ1) is 14.3. The quantitative estimate of drug-likeness (QED) is 0.602. The molecule has 1 amide bonds. The molecule has 0 unspecified atom stereocenters. The molecule has 0 saturated carbocycles. The molecule has 0 saturated heterocycles. The molecule has 1 rings (SSSR count). The van der Waals surface area contributed by atoms with Crippen LogP contribution in [0.15, 0.2) is 40.3 Å². The number of amides is 1. The first-order valence-corrected chi connectivity index (χ1v) is 6.74. The number of nitrogens with one attached hydrogen (secondary N) is 2. The van der Waals surface area contributed by atoms with Crippen LogP contribution in [0.1, 0.15) is 13.8 Å². The SMILES string of the molecule is CC(C)=NNC(=O)CNS(=O)(=O)c1ccccc1. The Balaban J connectivity index is 2.58. The van der Waals surface area contributed by atoms with Crippen molar-refractivity contribution in [1.82, 2.24) is 10.1 Å². The third kappa shape index (κ3) is 4.64. The summed E-state index contributed by atoms with van der Waals surface area (Å²) in [7, 11) is -3.65. The van der Waals surface area contributed by atoms with Gasteiger partial charge in [-0.1, -0.05) is 18.2 Å². The van der Waals surface area contributed by atoms with Gasteiger partial charge in [0.05, 0.1) is 11.4 Å². The molecule has 1 aromatic carbocycles. The molecule has 0 aliphatic carbocycles. The third-order valence-electron chi connectivity index (χ3n) is 1.88. The van der Waals surface area contributed by atoms with Crippen molar-refractivity contribution in [3.05, 3.63) is 30.3 Å². The summed E-state index contributed by atoms with van der Waals surface area (Å²) in [6.07, 6.45) is 0. The molecule has 0 spiro atoms. The number of nitrogens with zero attached hydrogens (tertiary/aromatic N) is 1. The average molecular weight is 269 g/mol. The summed E-state index contributed by atoms with van der Waals surface area (Å²) in [5.41, 5.74) is 2.90. The van der Waals surface area contributed by atoms with Crippen molar-refractivity contribution in [2.75, 3.05) is 6.54 Å². The van der Waals surface area contributed by atoms with Crippen LogP contribution in [-0.4, -0.2) is 26.6 Å². The van der Waals surface area contributed by atoms with Gasteiger partial charge in [0.15, 0.2) is 0 Å². The van der Waals surface area contributed by atoms with E-state index in [1.807, 2.05) is 0 Å². The molecule has 7 heteroatoms. The summed E-state index contributed by atoms with van der Waals surface area (Å²) in [5, 5.41) is 3.68. The minimum atomic E-state index is -3.65. The lowest BCUT2D eigenvalue weighted by Crippen LogP contribution is -2.35. The predicted octanol–water partition coefficient (Wildman–Crippen LogP) is 0.477. The van der Waals surface area contributed by atoms with Crippen molar-refractivity contribution in [2.24, 2.45) is 5.10 Å². The summed E-state index contributed by atoms with van der Waals surface area (Å²) >= 11 is 0. The van der Waals surface area contributed by atoms with Gasteiger partial charge in [0.25, 0.3) is 5.91 Å².